The Balaban J connectivity index is 0.000000269. The van der Waals surface area contributed by atoms with Gasteiger partial charge in [-0.05, 0) is 75.5 Å². The topological polar surface area (TPSA) is 59.4 Å². The number of fused-ring (bicyclic) bond motifs is 3. The Morgan fingerprint density at radius 1 is 1.00 bits per heavy atom. The van der Waals surface area contributed by atoms with Crippen molar-refractivity contribution in [2.24, 2.45) is 17.8 Å². The summed E-state index contributed by atoms with van der Waals surface area (Å²) in [5.74, 6) is 0.506. The molecule has 0 bridgehead atoms. The molecule has 1 N–H and O–H groups in total. The van der Waals surface area contributed by atoms with Gasteiger partial charge in [0.2, 0.25) is 0 Å². The van der Waals surface area contributed by atoms with Crippen LogP contribution in [0.4, 0.5) is 13.2 Å². The van der Waals surface area contributed by atoms with Crippen LogP contribution in [0.5, 0.6) is 11.5 Å². The number of pyridine rings is 1. The van der Waals surface area contributed by atoms with Gasteiger partial charge in [-0.2, -0.15) is 13.2 Å². The Bertz CT molecular complexity index is 1770. The van der Waals surface area contributed by atoms with Crippen LogP contribution in [-0.4, -0.2) is 22.1 Å². The number of aliphatic hydroxyl groups excluding tert-OH is 1. The third-order valence-electron chi connectivity index (χ3n) is 8.92. The van der Waals surface area contributed by atoms with Crippen molar-refractivity contribution in [2.75, 3.05) is 0 Å². The van der Waals surface area contributed by atoms with Gasteiger partial charge in [0.1, 0.15) is 11.5 Å². The molecule has 0 saturated carbocycles. The summed E-state index contributed by atoms with van der Waals surface area (Å²) >= 11 is 0. The zero-order valence-corrected chi connectivity index (χ0v) is 30.9. The van der Waals surface area contributed by atoms with E-state index in [9.17, 15) is 23.1 Å². The number of alkyl halides is 3. The zero-order valence-electron chi connectivity index (χ0n) is 28.5. The van der Waals surface area contributed by atoms with Crippen molar-refractivity contribution in [3.05, 3.63) is 76.7 Å². The molecule has 0 spiro atoms. The SMILES string of the molecule is CCC(CC)C(=O)/C(C)=C(\O)C(CC)CC(F)(F)F.Cc1cccc2[c-]c3c(c(C)c12)Oc1cc(CC(C)C)cc2ccnc-3c12.[Ir]. The quantitative estimate of drug-likeness (QED) is 0.0914. The molecule has 1 aliphatic rings. The number of benzene rings is 3. The van der Waals surface area contributed by atoms with Crippen LogP contribution in [0.25, 0.3) is 32.8 Å². The summed E-state index contributed by atoms with van der Waals surface area (Å²) in [6, 6.07) is 16.5. The van der Waals surface area contributed by atoms with Crippen LogP contribution in [0.2, 0.25) is 0 Å². The molecule has 0 saturated heterocycles. The summed E-state index contributed by atoms with van der Waals surface area (Å²) in [7, 11) is 0. The predicted octanol–water partition coefficient (Wildman–Crippen LogP) is 11.6. The second-order valence-electron chi connectivity index (χ2n) is 12.8. The molecular weight excluding hydrogens is 780 g/mol. The first-order valence-corrected chi connectivity index (χ1v) is 16.3. The number of rotatable bonds is 9. The minimum Gasteiger partial charge on any atom is -0.512 e. The van der Waals surface area contributed by atoms with Gasteiger partial charge in [-0.1, -0.05) is 74.9 Å². The van der Waals surface area contributed by atoms with E-state index in [1.165, 1.54) is 28.8 Å². The van der Waals surface area contributed by atoms with E-state index < -0.39 is 24.3 Å². The monoisotopic (exact) mass is 825 g/mol. The van der Waals surface area contributed by atoms with Crippen molar-refractivity contribution in [3.8, 4) is 22.8 Å². The van der Waals surface area contributed by atoms with Gasteiger partial charge in [0, 0.05) is 54.8 Å². The fourth-order valence-electron chi connectivity index (χ4n) is 6.48. The van der Waals surface area contributed by atoms with Crippen molar-refractivity contribution < 1.29 is 47.9 Å². The van der Waals surface area contributed by atoms with E-state index >= 15 is 0 Å². The maximum atomic E-state index is 12.4. The van der Waals surface area contributed by atoms with E-state index in [-0.39, 0.29) is 43.8 Å². The van der Waals surface area contributed by atoms with Crippen LogP contribution in [-0.2, 0) is 31.3 Å². The maximum Gasteiger partial charge on any atom is 0.389 e. The Morgan fingerprint density at radius 3 is 2.26 bits per heavy atom. The van der Waals surface area contributed by atoms with Gasteiger partial charge in [0.15, 0.2) is 5.78 Å². The van der Waals surface area contributed by atoms with Crippen LogP contribution in [0, 0.1) is 37.7 Å². The van der Waals surface area contributed by atoms with E-state index in [0.717, 1.165) is 45.5 Å². The molecule has 0 fully saturated rings. The normalized spacial score (nSPS) is 13.4. The van der Waals surface area contributed by atoms with E-state index in [1.54, 1.807) is 6.92 Å². The average Bonchev–Trinajstić information content (AvgIpc) is 3.00. The number of ether oxygens (including phenoxy) is 1. The molecule has 1 radical (unpaired) electrons. The van der Waals surface area contributed by atoms with Crippen molar-refractivity contribution >= 4 is 27.3 Å². The summed E-state index contributed by atoms with van der Waals surface area (Å²) < 4.78 is 43.7. The minimum absolute atomic E-state index is 0. The van der Waals surface area contributed by atoms with Crippen LogP contribution in [0.3, 0.4) is 0 Å². The maximum absolute atomic E-state index is 12.4. The molecule has 4 nitrogen and oxygen atoms in total. The van der Waals surface area contributed by atoms with Gasteiger partial charge >= 0.3 is 6.18 Å². The van der Waals surface area contributed by atoms with E-state index in [1.807, 2.05) is 20.0 Å². The molecule has 5 rings (SSSR count). The number of hydrogen-bond donors (Lipinski definition) is 1. The molecule has 255 valence electrons. The Hall–Kier alpha value is -3.22. The smallest absolute Gasteiger partial charge is 0.389 e. The number of carbonyl (C=O) groups excluding carboxylic acids is 1. The molecule has 1 aromatic heterocycles. The first-order valence-electron chi connectivity index (χ1n) is 16.3. The van der Waals surface area contributed by atoms with Crippen LogP contribution in [0.1, 0.15) is 83.9 Å². The molecule has 4 aromatic rings. The molecule has 8 heteroatoms. The van der Waals surface area contributed by atoms with E-state index in [4.69, 9.17) is 9.72 Å². The van der Waals surface area contributed by atoms with E-state index in [2.05, 4.69) is 70.2 Å². The summed E-state index contributed by atoms with van der Waals surface area (Å²) in [5.41, 5.74) is 5.75. The van der Waals surface area contributed by atoms with Crippen molar-refractivity contribution in [1.29, 1.82) is 0 Å². The predicted molar refractivity (Wildman–Crippen MR) is 180 cm³/mol. The van der Waals surface area contributed by atoms with Gasteiger partial charge in [0.25, 0.3) is 0 Å². The minimum atomic E-state index is -4.34. The molecule has 0 aliphatic carbocycles. The summed E-state index contributed by atoms with van der Waals surface area (Å²) in [6.07, 6.45) is -1.10. The molecule has 1 unspecified atom stereocenters. The number of allylic oxidation sites excluding steroid dienone is 2. The average molecular weight is 825 g/mol. The van der Waals surface area contributed by atoms with Gasteiger partial charge < -0.3 is 9.84 Å². The Kier molecular flexibility index (Phi) is 12.8. The number of aliphatic hydroxyl groups is 1. The van der Waals surface area contributed by atoms with Gasteiger partial charge in [-0.25, -0.2) is 0 Å². The van der Waals surface area contributed by atoms with Crippen LogP contribution < -0.4 is 4.74 Å². The fraction of sp³-hybridized carbons (Fsp3) is 0.436. The second kappa shape index (κ2) is 15.8. The summed E-state index contributed by atoms with van der Waals surface area (Å²) in [5, 5.41) is 14.5. The number of nitrogens with zero attached hydrogens (tertiary/aromatic N) is 1. The first kappa shape index (κ1) is 38.2. The summed E-state index contributed by atoms with van der Waals surface area (Å²) in [4.78, 5) is 16.8. The Labute approximate surface area is 290 Å². The number of Topliss-reactive ketones (excluding diaryl/α,β-unsaturated/α-hetero) is 1. The number of hydrogen-bond acceptors (Lipinski definition) is 4. The van der Waals surface area contributed by atoms with Gasteiger partial charge in [-0.3, -0.25) is 9.78 Å². The second-order valence-corrected chi connectivity index (χ2v) is 12.8. The third-order valence-corrected chi connectivity index (χ3v) is 8.92. The van der Waals surface area contributed by atoms with Crippen molar-refractivity contribution in [1.82, 2.24) is 4.98 Å². The number of aromatic nitrogens is 1. The number of ketones is 1. The fourth-order valence-corrected chi connectivity index (χ4v) is 6.48. The number of halogens is 3. The molecule has 3 aromatic carbocycles. The Morgan fingerprint density at radius 2 is 1.66 bits per heavy atom. The molecule has 2 heterocycles. The standard InChI is InChI=1S/C25H22NO.C14H23F3O2.Ir/c1-14(2)10-17-11-19-8-9-26-24-20-13-18-7-5-6-15(3)22(18)16(4)25(20)27-21(12-17)23(19)24;1-5-10(6-2)12(18)9(4)13(19)11(7-3)8-14(15,16)17;/h5-9,11-12,14H,10H2,1-4H3;10-11,19H,5-8H2,1-4H3;/q-1;;/b;13-9-;. The van der Waals surface area contributed by atoms with E-state index in [0.29, 0.717) is 18.8 Å². The van der Waals surface area contributed by atoms with Crippen LogP contribution >= 0.6 is 0 Å². The zero-order chi connectivity index (χ0) is 33.9. The van der Waals surface area contributed by atoms with Gasteiger partial charge in [-0.15, -0.1) is 17.5 Å². The largest absolute Gasteiger partial charge is 0.512 e. The molecule has 47 heavy (non-hydrogen) atoms. The van der Waals surface area contributed by atoms with Crippen molar-refractivity contribution in [3.63, 3.8) is 0 Å². The molecular formula is C39H45F3IrNO3-. The van der Waals surface area contributed by atoms with Crippen LogP contribution in [0.15, 0.2) is 53.9 Å². The molecule has 0 amide bonds. The van der Waals surface area contributed by atoms with Crippen molar-refractivity contribution in [2.45, 2.75) is 93.7 Å². The first-order chi connectivity index (χ1) is 21.7. The molecule has 1 aliphatic heterocycles. The number of aryl methyl sites for hydroxylation is 2. The van der Waals surface area contributed by atoms with Gasteiger partial charge in [0.05, 0.1) is 12.2 Å². The third kappa shape index (κ3) is 8.45. The molecule has 1 atom stereocenters. The summed E-state index contributed by atoms with van der Waals surface area (Å²) in [6.45, 7) is 15.5. The number of carbonyl (C=O) groups is 1.